The molecule has 0 bridgehead atoms. The summed E-state index contributed by atoms with van der Waals surface area (Å²) >= 11 is 1.11. The number of nitrogens with one attached hydrogen (secondary N) is 2. The predicted octanol–water partition coefficient (Wildman–Crippen LogP) is 0.256. The summed E-state index contributed by atoms with van der Waals surface area (Å²) < 4.78 is 42.6. The van der Waals surface area contributed by atoms with Crippen molar-refractivity contribution in [1.29, 1.82) is 0 Å². The van der Waals surface area contributed by atoms with Gasteiger partial charge >= 0.3 is 11.8 Å². The number of thiophene rings is 1. The van der Waals surface area contributed by atoms with Crippen molar-refractivity contribution in [3.05, 3.63) is 41.3 Å². The Kier molecular flexibility index (Phi) is 5.90. The summed E-state index contributed by atoms with van der Waals surface area (Å²) in [5.74, 6) is -0.504. The largest absolute Gasteiger partial charge is 0.454 e. The van der Waals surface area contributed by atoms with Crippen molar-refractivity contribution in [2.75, 3.05) is 26.5 Å². The Bertz CT molecular complexity index is 1040. The van der Waals surface area contributed by atoms with E-state index in [0.29, 0.717) is 11.5 Å². The quantitative estimate of drug-likeness (QED) is 0.601. The van der Waals surface area contributed by atoms with Gasteiger partial charge in [0.1, 0.15) is 10.4 Å². The fourth-order valence-corrected chi connectivity index (χ4v) is 5.67. The van der Waals surface area contributed by atoms with Gasteiger partial charge < -0.3 is 24.8 Å². The lowest BCUT2D eigenvalue weighted by Crippen LogP contribution is -2.47. The number of amides is 2. The van der Waals surface area contributed by atoms with Crippen molar-refractivity contribution < 1.29 is 32.2 Å². The molecule has 0 aliphatic carbocycles. The highest BCUT2D eigenvalue weighted by atomic mass is 32.2. The summed E-state index contributed by atoms with van der Waals surface area (Å²) in [4.78, 5) is 24.2. The average molecular weight is 453 g/mol. The van der Waals surface area contributed by atoms with Crippen molar-refractivity contribution in [3.63, 3.8) is 0 Å². The van der Waals surface area contributed by atoms with Gasteiger partial charge in [-0.2, -0.15) is 4.31 Å². The van der Waals surface area contributed by atoms with Crippen LogP contribution in [0.5, 0.6) is 11.5 Å². The van der Waals surface area contributed by atoms with Crippen LogP contribution in [0.15, 0.2) is 39.9 Å². The van der Waals surface area contributed by atoms with E-state index in [1.165, 1.54) is 10.4 Å². The number of hydrogen-bond acceptors (Lipinski definition) is 8. The molecule has 0 spiro atoms. The molecule has 30 heavy (non-hydrogen) atoms. The van der Waals surface area contributed by atoms with Crippen LogP contribution in [0.25, 0.3) is 0 Å². The zero-order chi connectivity index (χ0) is 21.1. The molecule has 0 saturated carbocycles. The first-order valence-electron chi connectivity index (χ1n) is 9.06. The second-order valence-electron chi connectivity index (χ2n) is 6.45. The maximum absolute atomic E-state index is 12.7. The van der Waals surface area contributed by atoms with Gasteiger partial charge in [0.2, 0.25) is 6.79 Å². The third-order valence-electron chi connectivity index (χ3n) is 4.53. The van der Waals surface area contributed by atoms with E-state index >= 15 is 0 Å². The van der Waals surface area contributed by atoms with Gasteiger partial charge in [-0.3, -0.25) is 9.59 Å². The zero-order valence-corrected chi connectivity index (χ0v) is 17.3. The number of sulfonamides is 1. The van der Waals surface area contributed by atoms with Crippen LogP contribution in [0.4, 0.5) is 0 Å². The van der Waals surface area contributed by atoms with E-state index in [0.717, 1.165) is 16.9 Å². The SMILES string of the molecule is O=C(NCc1ccc2c(c1)OCO2)C(=O)NCC1OCCN1S(=O)(=O)c1cccs1. The fourth-order valence-electron chi connectivity index (χ4n) is 3.04. The molecule has 160 valence electrons. The van der Waals surface area contributed by atoms with Crippen molar-refractivity contribution in [2.24, 2.45) is 0 Å². The zero-order valence-electron chi connectivity index (χ0n) is 15.7. The lowest BCUT2D eigenvalue weighted by Gasteiger charge is -2.22. The number of ether oxygens (including phenoxy) is 3. The summed E-state index contributed by atoms with van der Waals surface area (Å²) in [5, 5.41) is 6.61. The number of carbonyl (C=O) groups excluding carboxylic acids is 2. The van der Waals surface area contributed by atoms with Crippen LogP contribution < -0.4 is 20.1 Å². The summed E-state index contributed by atoms with van der Waals surface area (Å²) in [7, 11) is -3.71. The molecule has 12 heteroatoms. The Labute approximate surface area is 176 Å². The standard InChI is InChI=1S/C18H19N3O7S2/c22-17(19-9-12-3-4-13-14(8-12)28-11-27-13)18(23)20-10-15-21(5-6-26-15)30(24,25)16-2-1-7-29-16/h1-4,7-8,15H,5-6,9-11H2,(H,19,22)(H,20,23). The van der Waals surface area contributed by atoms with Gasteiger partial charge in [0.05, 0.1) is 13.2 Å². The molecule has 1 aromatic carbocycles. The normalized spacial score (nSPS) is 18.3. The summed E-state index contributed by atoms with van der Waals surface area (Å²) in [5.41, 5.74) is 0.743. The second kappa shape index (κ2) is 8.60. The van der Waals surface area contributed by atoms with Crippen LogP contribution in [0, 0.1) is 0 Å². The molecule has 2 aliphatic rings. The molecule has 1 saturated heterocycles. The maximum atomic E-state index is 12.7. The third kappa shape index (κ3) is 4.26. The Hall–Kier alpha value is -2.67. The number of benzene rings is 1. The molecule has 1 unspecified atom stereocenters. The van der Waals surface area contributed by atoms with E-state index in [9.17, 15) is 18.0 Å². The monoisotopic (exact) mass is 453 g/mol. The third-order valence-corrected chi connectivity index (χ3v) is 7.80. The van der Waals surface area contributed by atoms with Crippen LogP contribution in [-0.2, 0) is 30.9 Å². The van der Waals surface area contributed by atoms with E-state index in [2.05, 4.69) is 10.6 Å². The van der Waals surface area contributed by atoms with E-state index in [-0.39, 0.29) is 37.2 Å². The minimum atomic E-state index is -3.71. The number of nitrogens with zero attached hydrogens (tertiary/aromatic N) is 1. The average Bonchev–Trinajstić information content (AvgIpc) is 3.50. The Morgan fingerprint density at radius 2 is 1.93 bits per heavy atom. The van der Waals surface area contributed by atoms with Crippen molar-refractivity contribution in [2.45, 2.75) is 17.0 Å². The van der Waals surface area contributed by atoms with E-state index in [1.54, 1.807) is 29.6 Å². The number of fused-ring (bicyclic) bond motifs is 1. The van der Waals surface area contributed by atoms with Gasteiger partial charge in [0, 0.05) is 13.1 Å². The van der Waals surface area contributed by atoms with Crippen molar-refractivity contribution in [1.82, 2.24) is 14.9 Å². The minimum Gasteiger partial charge on any atom is -0.454 e. The number of hydrogen-bond donors (Lipinski definition) is 2. The number of carbonyl (C=O) groups is 2. The second-order valence-corrected chi connectivity index (χ2v) is 9.52. The van der Waals surface area contributed by atoms with Crippen LogP contribution in [0.2, 0.25) is 0 Å². The van der Waals surface area contributed by atoms with Crippen LogP contribution >= 0.6 is 11.3 Å². The van der Waals surface area contributed by atoms with Crippen molar-refractivity contribution in [3.8, 4) is 11.5 Å². The molecule has 2 amide bonds. The van der Waals surface area contributed by atoms with Crippen molar-refractivity contribution >= 4 is 33.2 Å². The van der Waals surface area contributed by atoms with Gasteiger partial charge in [-0.05, 0) is 29.1 Å². The Morgan fingerprint density at radius 1 is 1.13 bits per heavy atom. The first-order chi connectivity index (χ1) is 14.4. The van der Waals surface area contributed by atoms with Gasteiger partial charge in [0.15, 0.2) is 11.5 Å². The van der Waals surface area contributed by atoms with Crippen LogP contribution in [0.3, 0.4) is 0 Å². The highest BCUT2D eigenvalue weighted by Gasteiger charge is 2.37. The molecular formula is C18H19N3O7S2. The highest BCUT2D eigenvalue weighted by Crippen LogP contribution is 2.32. The summed E-state index contributed by atoms with van der Waals surface area (Å²) in [6.07, 6.45) is -0.872. The Balaban J connectivity index is 1.29. The molecule has 2 aliphatic heterocycles. The first kappa shape index (κ1) is 20.6. The molecule has 1 fully saturated rings. The first-order valence-corrected chi connectivity index (χ1v) is 11.4. The molecule has 4 rings (SSSR count). The molecule has 3 heterocycles. The summed E-state index contributed by atoms with van der Waals surface area (Å²) in [6.45, 7) is 0.525. The lowest BCUT2D eigenvalue weighted by molar-refractivity contribution is -0.139. The maximum Gasteiger partial charge on any atom is 0.309 e. The molecule has 10 nitrogen and oxygen atoms in total. The van der Waals surface area contributed by atoms with Gasteiger partial charge in [-0.15, -0.1) is 11.3 Å². The molecule has 2 N–H and O–H groups in total. The van der Waals surface area contributed by atoms with Gasteiger partial charge in [0.25, 0.3) is 10.0 Å². The fraction of sp³-hybridized carbons (Fsp3) is 0.333. The highest BCUT2D eigenvalue weighted by molar-refractivity contribution is 7.91. The topological polar surface area (TPSA) is 123 Å². The van der Waals surface area contributed by atoms with Gasteiger partial charge in [-0.25, -0.2) is 8.42 Å². The van der Waals surface area contributed by atoms with E-state index < -0.39 is 28.1 Å². The smallest absolute Gasteiger partial charge is 0.309 e. The van der Waals surface area contributed by atoms with E-state index in [4.69, 9.17) is 14.2 Å². The number of rotatable bonds is 6. The predicted molar refractivity (Wildman–Crippen MR) is 105 cm³/mol. The van der Waals surface area contributed by atoms with E-state index in [1.807, 2.05) is 0 Å². The summed E-state index contributed by atoms with van der Waals surface area (Å²) in [6, 6.07) is 8.36. The van der Waals surface area contributed by atoms with Crippen LogP contribution in [-0.4, -0.2) is 57.3 Å². The lowest BCUT2D eigenvalue weighted by atomic mass is 10.2. The molecule has 1 aromatic heterocycles. The van der Waals surface area contributed by atoms with Crippen LogP contribution in [0.1, 0.15) is 5.56 Å². The molecule has 1 atom stereocenters. The molecular weight excluding hydrogens is 434 g/mol. The minimum absolute atomic E-state index is 0.127. The molecule has 2 aromatic rings. The van der Waals surface area contributed by atoms with Gasteiger partial charge in [-0.1, -0.05) is 12.1 Å². The molecule has 0 radical (unpaired) electrons. The Morgan fingerprint density at radius 3 is 2.73 bits per heavy atom.